The topological polar surface area (TPSA) is 86.7 Å². The molecule has 1 rings (SSSR count). The van der Waals surface area contributed by atoms with Gasteiger partial charge >= 0.3 is 5.97 Å². The van der Waals surface area contributed by atoms with Crippen LogP contribution in [0.1, 0.15) is 26.2 Å². The van der Waals surface area contributed by atoms with Gasteiger partial charge in [0.2, 0.25) is 0 Å². The van der Waals surface area contributed by atoms with Gasteiger partial charge in [-0.15, -0.1) is 0 Å². The van der Waals surface area contributed by atoms with Crippen molar-refractivity contribution in [2.45, 2.75) is 26.2 Å². The summed E-state index contributed by atoms with van der Waals surface area (Å²) < 4.78 is 27.1. The number of nitrogens with one attached hydrogen (secondary N) is 1. The van der Waals surface area contributed by atoms with Gasteiger partial charge in [-0.05, 0) is 19.3 Å². The maximum Gasteiger partial charge on any atom is 0.307 e. The molecule has 0 aromatic rings. The van der Waals surface area contributed by atoms with Crippen molar-refractivity contribution in [1.29, 1.82) is 0 Å². The molecule has 1 aliphatic rings. The molecule has 1 aliphatic heterocycles. The highest BCUT2D eigenvalue weighted by molar-refractivity contribution is 7.87. The molecule has 6 nitrogen and oxygen atoms in total. The van der Waals surface area contributed by atoms with Crippen LogP contribution in [-0.2, 0) is 15.0 Å². The molecular formula is C9H18N2O4S. The summed E-state index contributed by atoms with van der Waals surface area (Å²) in [5.41, 5.74) is 0. The molecule has 1 atom stereocenters. The van der Waals surface area contributed by atoms with Crippen LogP contribution in [-0.4, -0.2) is 43.4 Å². The molecule has 0 bridgehead atoms. The summed E-state index contributed by atoms with van der Waals surface area (Å²) in [7, 11) is -3.49. The van der Waals surface area contributed by atoms with E-state index >= 15 is 0 Å². The minimum absolute atomic E-state index is 0.0778. The molecule has 1 unspecified atom stereocenters. The Morgan fingerprint density at radius 2 is 2.25 bits per heavy atom. The van der Waals surface area contributed by atoms with Crippen molar-refractivity contribution in [3.05, 3.63) is 0 Å². The summed E-state index contributed by atoms with van der Waals surface area (Å²) in [4.78, 5) is 10.8. The van der Waals surface area contributed by atoms with Gasteiger partial charge < -0.3 is 5.11 Å². The molecule has 0 saturated carbocycles. The van der Waals surface area contributed by atoms with E-state index in [1.165, 1.54) is 4.31 Å². The van der Waals surface area contributed by atoms with Crippen molar-refractivity contribution in [1.82, 2.24) is 9.03 Å². The van der Waals surface area contributed by atoms with Crippen molar-refractivity contribution in [3.8, 4) is 0 Å². The van der Waals surface area contributed by atoms with Gasteiger partial charge in [0.15, 0.2) is 0 Å². The highest BCUT2D eigenvalue weighted by atomic mass is 32.2. The van der Waals surface area contributed by atoms with Gasteiger partial charge in [-0.3, -0.25) is 4.79 Å². The van der Waals surface area contributed by atoms with Crippen LogP contribution in [0.15, 0.2) is 0 Å². The third-order valence-corrected chi connectivity index (χ3v) is 4.19. The van der Waals surface area contributed by atoms with Gasteiger partial charge in [0.25, 0.3) is 10.2 Å². The SMILES string of the molecule is CCCNS(=O)(=O)N1CCCC(C(=O)O)C1. The fraction of sp³-hybridized carbons (Fsp3) is 0.889. The maximum absolute atomic E-state index is 11.7. The summed E-state index contributed by atoms with van der Waals surface area (Å²) in [6.45, 7) is 2.74. The standard InChI is InChI=1S/C9H18N2O4S/c1-2-5-10-16(14,15)11-6-3-4-8(7-11)9(12)13/h8,10H,2-7H2,1H3,(H,12,13). The van der Waals surface area contributed by atoms with Crippen molar-refractivity contribution >= 4 is 16.2 Å². The van der Waals surface area contributed by atoms with Gasteiger partial charge in [0.1, 0.15) is 0 Å². The second kappa shape index (κ2) is 5.60. The van der Waals surface area contributed by atoms with Gasteiger partial charge in [-0.2, -0.15) is 12.7 Å². The van der Waals surface area contributed by atoms with Gasteiger partial charge in [0.05, 0.1) is 5.92 Å². The predicted molar refractivity (Wildman–Crippen MR) is 59.1 cm³/mol. The number of rotatable bonds is 5. The lowest BCUT2D eigenvalue weighted by molar-refractivity contribution is -0.142. The molecule has 7 heteroatoms. The normalized spacial score (nSPS) is 23.2. The van der Waals surface area contributed by atoms with Crippen LogP contribution < -0.4 is 4.72 Å². The van der Waals surface area contributed by atoms with E-state index in [1.54, 1.807) is 0 Å². The lowest BCUT2D eigenvalue weighted by Crippen LogP contribution is -2.47. The number of hydrogen-bond donors (Lipinski definition) is 2. The average Bonchev–Trinajstić information content (AvgIpc) is 2.26. The molecule has 0 aliphatic carbocycles. The molecule has 0 spiro atoms. The first kappa shape index (κ1) is 13.4. The Kier molecular flexibility index (Phi) is 4.69. The number of aliphatic carboxylic acids is 1. The van der Waals surface area contributed by atoms with Crippen LogP contribution in [0.2, 0.25) is 0 Å². The van der Waals surface area contributed by atoms with E-state index < -0.39 is 22.1 Å². The zero-order valence-electron chi connectivity index (χ0n) is 9.35. The van der Waals surface area contributed by atoms with Crippen LogP contribution in [0.5, 0.6) is 0 Å². The van der Waals surface area contributed by atoms with E-state index in [4.69, 9.17) is 5.11 Å². The predicted octanol–water partition coefficient (Wildman–Crippen LogP) is 0.0274. The monoisotopic (exact) mass is 250 g/mol. The molecule has 94 valence electrons. The summed E-state index contributed by atoms with van der Waals surface area (Å²) in [6.07, 6.45) is 1.87. The molecule has 0 radical (unpaired) electrons. The van der Waals surface area contributed by atoms with E-state index in [-0.39, 0.29) is 6.54 Å². The summed E-state index contributed by atoms with van der Waals surface area (Å²) in [5, 5.41) is 8.86. The Hall–Kier alpha value is -0.660. The fourth-order valence-electron chi connectivity index (χ4n) is 1.68. The van der Waals surface area contributed by atoms with Crippen molar-refractivity contribution in [2.24, 2.45) is 5.92 Å². The molecule has 1 fully saturated rings. The van der Waals surface area contributed by atoms with E-state index in [0.717, 1.165) is 6.42 Å². The third kappa shape index (κ3) is 3.43. The Bertz CT molecular complexity index is 341. The second-order valence-corrected chi connectivity index (χ2v) is 5.69. The number of carboxylic acid groups (broad SMARTS) is 1. The summed E-state index contributed by atoms with van der Waals surface area (Å²) in [6, 6.07) is 0. The van der Waals surface area contributed by atoms with E-state index in [9.17, 15) is 13.2 Å². The van der Waals surface area contributed by atoms with Gasteiger partial charge in [-0.1, -0.05) is 6.92 Å². The molecule has 16 heavy (non-hydrogen) atoms. The molecule has 2 N–H and O–H groups in total. The second-order valence-electron chi connectivity index (χ2n) is 3.93. The van der Waals surface area contributed by atoms with Gasteiger partial charge in [-0.25, -0.2) is 4.72 Å². The number of hydrogen-bond acceptors (Lipinski definition) is 3. The number of carbonyl (C=O) groups is 1. The lowest BCUT2D eigenvalue weighted by Gasteiger charge is -2.29. The van der Waals surface area contributed by atoms with Crippen LogP contribution in [0.3, 0.4) is 0 Å². The van der Waals surface area contributed by atoms with E-state index in [2.05, 4.69) is 4.72 Å². The van der Waals surface area contributed by atoms with Crippen molar-refractivity contribution in [3.63, 3.8) is 0 Å². The first-order valence-electron chi connectivity index (χ1n) is 5.45. The highest BCUT2D eigenvalue weighted by Crippen LogP contribution is 2.18. The number of piperidine rings is 1. The third-order valence-electron chi connectivity index (χ3n) is 2.61. The largest absolute Gasteiger partial charge is 0.481 e. The van der Waals surface area contributed by atoms with Crippen molar-refractivity contribution < 1.29 is 18.3 Å². The van der Waals surface area contributed by atoms with Crippen molar-refractivity contribution in [2.75, 3.05) is 19.6 Å². The molecule has 0 amide bonds. The minimum Gasteiger partial charge on any atom is -0.481 e. The Morgan fingerprint density at radius 1 is 1.56 bits per heavy atom. The lowest BCUT2D eigenvalue weighted by atomic mass is 10.0. The van der Waals surface area contributed by atoms with Crippen LogP contribution >= 0.6 is 0 Å². The zero-order valence-corrected chi connectivity index (χ0v) is 10.2. The zero-order chi connectivity index (χ0) is 12.2. The Labute approximate surface area is 95.8 Å². The molecule has 1 saturated heterocycles. The Balaban J connectivity index is 2.62. The van der Waals surface area contributed by atoms with Gasteiger partial charge in [0, 0.05) is 19.6 Å². The van der Waals surface area contributed by atoms with Crippen LogP contribution in [0.4, 0.5) is 0 Å². The number of nitrogens with zero attached hydrogens (tertiary/aromatic N) is 1. The minimum atomic E-state index is -3.49. The average molecular weight is 250 g/mol. The molecule has 1 heterocycles. The number of carboxylic acids is 1. The van der Waals surface area contributed by atoms with E-state index in [0.29, 0.717) is 25.9 Å². The maximum atomic E-state index is 11.7. The molecule has 0 aromatic carbocycles. The smallest absolute Gasteiger partial charge is 0.307 e. The first-order chi connectivity index (χ1) is 7.47. The summed E-state index contributed by atoms with van der Waals surface area (Å²) in [5.74, 6) is -1.50. The quantitative estimate of drug-likeness (QED) is 0.720. The fourth-order valence-corrected chi connectivity index (χ4v) is 3.07. The summed E-state index contributed by atoms with van der Waals surface area (Å²) >= 11 is 0. The highest BCUT2D eigenvalue weighted by Gasteiger charge is 2.31. The van der Waals surface area contributed by atoms with Crippen LogP contribution in [0.25, 0.3) is 0 Å². The molecular weight excluding hydrogens is 232 g/mol. The molecule has 0 aromatic heterocycles. The first-order valence-corrected chi connectivity index (χ1v) is 6.89. The van der Waals surface area contributed by atoms with E-state index in [1.807, 2.05) is 6.92 Å². The Morgan fingerprint density at radius 3 is 2.81 bits per heavy atom. The van der Waals surface area contributed by atoms with Crippen LogP contribution in [0, 0.1) is 5.92 Å².